The largest absolute Gasteiger partial charge is 0.381 e. The zero-order valence-corrected chi connectivity index (χ0v) is 15.2. The van der Waals surface area contributed by atoms with Gasteiger partial charge < -0.3 is 14.8 Å². The Morgan fingerprint density at radius 2 is 2.04 bits per heavy atom. The number of aromatic amines is 1. The van der Waals surface area contributed by atoms with Gasteiger partial charge in [-0.2, -0.15) is 0 Å². The first-order valence-corrected chi connectivity index (χ1v) is 8.84. The number of benzene rings is 2. The predicted molar refractivity (Wildman–Crippen MR) is 105 cm³/mol. The van der Waals surface area contributed by atoms with Crippen molar-refractivity contribution in [1.29, 1.82) is 0 Å². The molecule has 0 aliphatic heterocycles. The Kier molecular flexibility index (Phi) is 4.17. The van der Waals surface area contributed by atoms with E-state index in [1.165, 1.54) is 0 Å². The van der Waals surface area contributed by atoms with E-state index in [1.807, 2.05) is 30.3 Å². The fourth-order valence-electron chi connectivity index (χ4n) is 3.03. The van der Waals surface area contributed by atoms with Crippen LogP contribution in [-0.2, 0) is 6.54 Å². The van der Waals surface area contributed by atoms with Crippen molar-refractivity contribution in [2.24, 2.45) is 0 Å². The van der Waals surface area contributed by atoms with Gasteiger partial charge in [0, 0.05) is 45.2 Å². The van der Waals surface area contributed by atoms with Crippen LogP contribution in [0.4, 0.5) is 5.69 Å². The zero-order valence-electron chi connectivity index (χ0n) is 14.5. The summed E-state index contributed by atoms with van der Waals surface area (Å²) in [4.78, 5) is 15.2. The third-order valence-electron chi connectivity index (χ3n) is 4.41. The summed E-state index contributed by atoms with van der Waals surface area (Å²) < 4.78 is 5.43. The quantitative estimate of drug-likeness (QED) is 0.529. The second-order valence-corrected chi connectivity index (χ2v) is 7.08. The third-order valence-corrected chi connectivity index (χ3v) is 4.65. The molecule has 0 fully saturated rings. The summed E-state index contributed by atoms with van der Waals surface area (Å²) in [5.41, 5.74) is 3.85. The first-order valence-electron chi connectivity index (χ1n) is 8.46. The lowest BCUT2D eigenvalue weighted by molar-refractivity contribution is 0.441. The summed E-state index contributed by atoms with van der Waals surface area (Å²) in [7, 11) is 0. The van der Waals surface area contributed by atoms with Gasteiger partial charge in [-0.15, -0.1) is 0 Å². The lowest BCUT2D eigenvalue weighted by Gasteiger charge is -2.07. The average Bonchev–Trinajstić information content (AvgIpc) is 3.03. The SMILES string of the molecule is CC(C)c1noc2cc(NCc3cc4cc(Cl)ccc4[nH]c3=O)ccc12. The van der Waals surface area contributed by atoms with Crippen LogP contribution in [0.2, 0.25) is 5.02 Å². The molecule has 2 aromatic carbocycles. The van der Waals surface area contributed by atoms with Crippen molar-refractivity contribution in [1.82, 2.24) is 10.1 Å². The highest BCUT2D eigenvalue weighted by Gasteiger charge is 2.12. The van der Waals surface area contributed by atoms with Gasteiger partial charge in [0.15, 0.2) is 5.58 Å². The van der Waals surface area contributed by atoms with Crippen LogP contribution in [-0.4, -0.2) is 10.1 Å². The maximum atomic E-state index is 12.3. The minimum absolute atomic E-state index is 0.116. The molecule has 5 nitrogen and oxygen atoms in total. The molecule has 132 valence electrons. The summed E-state index contributed by atoms with van der Waals surface area (Å²) in [6.45, 7) is 4.57. The monoisotopic (exact) mass is 367 g/mol. The molecular formula is C20H18ClN3O2. The number of fused-ring (bicyclic) bond motifs is 2. The maximum Gasteiger partial charge on any atom is 0.253 e. The minimum atomic E-state index is -0.116. The average molecular weight is 368 g/mol. The standard InChI is InChI=1S/C20H18ClN3O2/c1-11(2)19-16-5-4-15(9-18(16)26-24-19)22-10-13-7-12-8-14(21)3-6-17(12)23-20(13)25/h3-9,11,22H,10H2,1-2H3,(H,23,25). The number of anilines is 1. The molecular weight excluding hydrogens is 350 g/mol. The fourth-order valence-corrected chi connectivity index (χ4v) is 3.22. The Morgan fingerprint density at radius 3 is 2.85 bits per heavy atom. The molecule has 0 saturated carbocycles. The van der Waals surface area contributed by atoms with Crippen LogP contribution in [0.3, 0.4) is 0 Å². The van der Waals surface area contributed by atoms with E-state index in [2.05, 4.69) is 29.3 Å². The van der Waals surface area contributed by atoms with E-state index in [4.69, 9.17) is 16.1 Å². The highest BCUT2D eigenvalue weighted by Crippen LogP contribution is 2.27. The molecule has 2 heterocycles. The molecule has 0 bridgehead atoms. The molecule has 0 radical (unpaired) electrons. The summed E-state index contributed by atoms with van der Waals surface area (Å²) >= 11 is 6.04. The van der Waals surface area contributed by atoms with Crippen molar-refractivity contribution >= 4 is 39.2 Å². The lowest BCUT2D eigenvalue weighted by atomic mass is 10.1. The van der Waals surface area contributed by atoms with Crippen LogP contribution >= 0.6 is 11.6 Å². The number of rotatable bonds is 4. The Hall–Kier alpha value is -2.79. The van der Waals surface area contributed by atoms with Crippen molar-refractivity contribution < 1.29 is 4.52 Å². The summed E-state index contributed by atoms with van der Waals surface area (Å²) in [6, 6.07) is 13.1. The van der Waals surface area contributed by atoms with E-state index in [9.17, 15) is 4.79 Å². The van der Waals surface area contributed by atoms with Crippen LogP contribution in [0.25, 0.3) is 21.9 Å². The molecule has 0 spiro atoms. The van der Waals surface area contributed by atoms with E-state index >= 15 is 0 Å². The van der Waals surface area contributed by atoms with Crippen molar-refractivity contribution in [3.8, 4) is 0 Å². The number of halogens is 1. The van der Waals surface area contributed by atoms with Crippen molar-refractivity contribution in [2.45, 2.75) is 26.3 Å². The summed E-state index contributed by atoms with van der Waals surface area (Å²) in [6.07, 6.45) is 0. The molecule has 2 aromatic heterocycles. The molecule has 0 atom stereocenters. The van der Waals surface area contributed by atoms with E-state index < -0.39 is 0 Å². The van der Waals surface area contributed by atoms with E-state index in [1.54, 1.807) is 12.1 Å². The van der Waals surface area contributed by atoms with Gasteiger partial charge in [0.1, 0.15) is 0 Å². The maximum absolute atomic E-state index is 12.3. The second-order valence-electron chi connectivity index (χ2n) is 6.64. The van der Waals surface area contributed by atoms with Gasteiger partial charge in [0.25, 0.3) is 5.56 Å². The minimum Gasteiger partial charge on any atom is -0.381 e. The molecule has 6 heteroatoms. The van der Waals surface area contributed by atoms with E-state index in [0.29, 0.717) is 23.0 Å². The van der Waals surface area contributed by atoms with Crippen molar-refractivity contribution in [3.63, 3.8) is 0 Å². The molecule has 4 rings (SSSR count). The van der Waals surface area contributed by atoms with Crippen molar-refractivity contribution in [2.75, 3.05) is 5.32 Å². The Bertz CT molecular complexity index is 1160. The summed E-state index contributed by atoms with van der Waals surface area (Å²) in [5, 5.41) is 9.97. The Morgan fingerprint density at radius 1 is 1.19 bits per heavy atom. The first-order chi connectivity index (χ1) is 12.5. The van der Waals surface area contributed by atoms with Crippen LogP contribution in [0.5, 0.6) is 0 Å². The fraction of sp³-hybridized carbons (Fsp3) is 0.200. The van der Waals surface area contributed by atoms with Gasteiger partial charge in [-0.3, -0.25) is 4.79 Å². The Labute approximate surface area is 155 Å². The number of hydrogen-bond donors (Lipinski definition) is 2. The molecule has 2 N–H and O–H groups in total. The second kappa shape index (κ2) is 6.50. The van der Waals surface area contributed by atoms with Crippen LogP contribution < -0.4 is 10.9 Å². The summed E-state index contributed by atoms with van der Waals surface area (Å²) in [5.74, 6) is 0.304. The van der Waals surface area contributed by atoms with Crippen molar-refractivity contribution in [3.05, 3.63) is 69.1 Å². The van der Waals surface area contributed by atoms with E-state index in [0.717, 1.165) is 33.3 Å². The smallest absolute Gasteiger partial charge is 0.253 e. The number of nitrogens with zero attached hydrogens (tertiary/aromatic N) is 1. The van der Waals surface area contributed by atoms with Gasteiger partial charge in [-0.1, -0.05) is 30.6 Å². The highest BCUT2D eigenvalue weighted by atomic mass is 35.5. The van der Waals surface area contributed by atoms with Gasteiger partial charge >= 0.3 is 0 Å². The lowest BCUT2D eigenvalue weighted by Crippen LogP contribution is -2.15. The molecule has 4 aromatic rings. The predicted octanol–water partition coefficient (Wildman–Crippen LogP) is 5.06. The number of pyridine rings is 1. The van der Waals surface area contributed by atoms with Crippen LogP contribution in [0.15, 0.2) is 51.8 Å². The topological polar surface area (TPSA) is 70.9 Å². The zero-order chi connectivity index (χ0) is 18.3. The molecule has 0 amide bonds. The van der Waals surface area contributed by atoms with Gasteiger partial charge in [0.2, 0.25) is 0 Å². The first kappa shape index (κ1) is 16.7. The molecule has 0 saturated heterocycles. The Balaban J connectivity index is 1.60. The number of hydrogen-bond acceptors (Lipinski definition) is 4. The third kappa shape index (κ3) is 3.06. The van der Waals surface area contributed by atoms with Crippen LogP contribution in [0.1, 0.15) is 31.0 Å². The molecule has 0 aliphatic carbocycles. The van der Waals surface area contributed by atoms with Gasteiger partial charge in [-0.25, -0.2) is 0 Å². The van der Waals surface area contributed by atoms with E-state index in [-0.39, 0.29) is 5.56 Å². The highest BCUT2D eigenvalue weighted by molar-refractivity contribution is 6.31. The van der Waals surface area contributed by atoms with Gasteiger partial charge in [-0.05, 0) is 42.3 Å². The number of nitrogens with one attached hydrogen (secondary N) is 2. The number of H-pyrrole nitrogens is 1. The molecule has 26 heavy (non-hydrogen) atoms. The molecule has 0 aliphatic rings. The van der Waals surface area contributed by atoms with Gasteiger partial charge in [0.05, 0.1) is 5.69 Å². The van der Waals surface area contributed by atoms with Crippen LogP contribution in [0, 0.1) is 0 Å². The number of aromatic nitrogens is 2. The molecule has 0 unspecified atom stereocenters. The normalized spacial score (nSPS) is 11.5.